The molecule has 0 radical (unpaired) electrons. The van der Waals surface area contributed by atoms with Gasteiger partial charge in [0.2, 0.25) is 10.0 Å². The van der Waals surface area contributed by atoms with Crippen molar-refractivity contribution in [3.63, 3.8) is 0 Å². The third-order valence-electron chi connectivity index (χ3n) is 3.36. The molecule has 1 aromatic rings. The molecular formula is C12H18N2O4S2. The molecule has 2 rings (SSSR count). The van der Waals surface area contributed by atoms with E-state index in [0.717, 1.165) is 5.56 Å². The summed E-state index contributed by atoms with van der Waals surface area (Å²) in [6.45, 7) is 0.0584. The lowest BCUT2D eigenvalue weighted by atomic mass is 10.1. The third-order valence-corrected chi connectivity index (χ3v) is 7.19. The lowest BCUT2D eigenvalue weighted by molar-refractivity contribution is 0.559. The Bertz CT molecular complexity index is 656. The van der Waals surface area contributed by atoms with E-state index in [1.165, 1.54) is 0 Å². The van der Waals surface area contributed by atoms with Gasteiger partial charge in [-0.15, -0.1) is 0 Å². The van der Waals surface area contributed by atoms with Crippen molar-refractivity contribution in [1.82, 2.24) is 4.72 Å². The summed E-state index contributed by atoms with van der Waals surface area (Å²) in [5.74, 6) is -0.369. The maximum Gasteiger partial charge on any atom is 0.215 e. The summed E-state index contributed by atoms with van der Waals surface area (Å²) in [6.07, 6.45) is 0.151. The van der Waals surface area contributed by atoms with Crippen LogP contribution in [-0.4, -0.2) is 40.1 Å². The SMILES string of the molecule is NC(CNS(=O)(=O)C1CCS(=O)(=O)C1)c1ccccc1. The molecule has 1 heterocycles. The van der Waals surface area contributed by atoms with E-state index in [-0.39, 0.29) is 24.5 Å². The van der Waals surface area contributed by atoms with Crippen molar-refractivity contribution in [1.29, 1.82) is 0 Å². The minimum absolute atomic E-state index is 0.0584. The fourth-order valence-corrected chi connectivity index (χ4v) is 6.25. The standard InChI is InChI=1S/C12H18N2O4S2/c13-12(10-4-2-1-3-5-10)8-14-20(17,18)11-6-7-19(15,16)9-11/h1-5,11-12,14H,6-9,13H2. The zero-order valence-electron chi connectivity index (χ0n) is 10.9. The summed E-state index contributed by atoms with van der Waals surface area (Å²) >= 11 is 0. The van der Waals surface area contributed by atoms with Crippen LogP contribution >= 0.6 is 0 Å². The van der Waals surface area contributed by atoms with Gasteiger partial charge in [0.05, 0.1) is 16.8 Å². The Morgan fingerprint density at radius 2 is 1.95 bits per heavy atom. The highest BCUT2D eigenvalue weighted by Gasteiger charge is 2.37. The molecule has 8 heteroatoms. The molecule has 1 aliphatic rings. The molecule has 1 fully saturated rings. The van der Waals surface area contributed by atoms with E-state index >= 15 is 0 Å². The molecule has 112 valence electrons. The molecular weight excluding hydrogens is 300 g/mol. The van der Waals surface area contributed by atoms with Gasteiger partial charge in [-0.3, -0.25) is 0 Å². The molecule has 3 N–H and O–H groups in total. The van der Waals surface area contributed by atoms with Gasteiger partial charge < -0.3 is 5.73 Å². The molecule has 0 bridgehead atoms. The number of benzene rings is 1. The minimum Gasteiger partial charge on any atom is -0.323 e. The molecule has 20 heavy (non-hydrogen) atoms. The Balaban J connectivity index is 1.97. The highest BCUT2D eigenvalue weighted by Crippen LogP contribution is 2.18. The molecule has 0 aliphatic carbocycles. The molecule has 1 aliphatic heterocycles. The van der Waals surface area contributed by atoms with E-state index in [1.807, 2.05) is 30.3 Å². The molecule has 2 atom stereocenters. The van der Waals surface area contributed by atoms with Crippen molar-refractivity contribution in [3.05, 3.63) is 35.9 Å². The normalized spacial score (nSPS) is 23.6. The Hall–Kier alpha value is -0.960. The van der Waals surface area contributed by atoms with Gasteiger partial charge in [0.15, 0.2) is 9.84 Å². The third kappa shape index (κ3) is 3.78. The topological polar surface area (TPSA) is 106 Å². The van der Waals surface area contributed by atoms with E-state index < -0.39 is 31.2 Å². The zero-order valence-corrected chi connectivity index (χ0v) is 12.5. The van der Waals surface area contributed by atoms with Crippen molar-refractivity contribution >= 4 is 19.9 Å². The van der Waals surface area contributed by atoms with Gasteiger partial charge in [-0.05, 0) is 12.0 Å². The van der Waals surface area contributed by atoms with Crippen LogP contribution in [0.1, 0.15) is 18.0 Å². The fraction of sp³-hybridized carbons (Fsp3) is 0.500. The van der Waals surface area contributed by atoms with Crippen molar-refractivity contribution in [2.24, 2.45) is 5.73 Å². The number of rotatable bonds is 5. The summed E-state index contributed by atoms with van der Waals surface area (Å²) in [7, 11) is -6.86. The molecule has 0 aromatic heterocycles. The predicted molar refractivity (Wildman–Crippen MR) is 77.4 cm³/mol. The Kier molecular flexibility index (Phi) is 4.48. The number of sulfonamides is 1. The van der Waals surface area contributed by atoms with Crippen LogP contribution in [-0.2, 0) is 19.9 Å². The minimum atomic E-state index is -3.64. The number of hydrogen-bond donors (Lipinski definition) is 2. The van der Waals surface area contributed by atoms with Crippen LogP contribution < -0.4 is 10.5 Å². The van der Waals surface area contributed by atoms with Crippen LogP contribution in [0.25, 0.3) is 0 Å². The van der Waals surface area contributed by atoms with Crippen LogP contribution in [0.5, 0.6) is 0 Å². The van der Waals surface area contributed by atoms with Crippen molar-refractivity contribution in [2.45, 2.75) is 17.7 Å². The second-order valence-electron chi connectivity index (χ2n) is 4.94. The van der Waals surface area contributed by atoms with Crippen LogP contribution in [0.3, 0.4) is 0 Å². The Morgan fingerprint density at radius 1 is 1.30 bits per heavy atom. The maximum atomic E-state index is 12.0. The smallest absolute Gasteiger partial charge is 0.215 e. The lowest BCUT2D eigenvalue weighted by Gasteiger charge is -2.15. The molecule has 1 saturated heterocycles. The summed E-state index contributed by atoms with van der Waals surface area (Å²) in [5, 5.41) is -0.865. The highest BCUT2D eigenvalue weighted by molar-refractivity contribution is 7.95. The van der Waals surface area contributed by atoms with E-state index in [9.17, 15) is 16.8 Å². The predicted octanol–water partition coefficient (Wildman–Crippen LogP) is -0.207. The Labute approximate surface area is 119 Å². The van der Waals surface area contributed by atoms with Crippen LogP contribution in [0.15, 0.2) is 30.3 Å². The van der Waals surface area contributed by atoms with E-state index in [2.05, 4.69) is 4.72 Å². The zero-order chi connectivity index (χ0) is 14.8. The summed E-state index contributed by atoms with van der Waals surface area (Å²) in [5.41, 5.74) is 6.74. The average molecular weight is 318 g/mol. The second kappa shape index (κ2) is 5.80. The summed E-state index contributed by atoms with van der Waals surface area (Å²) < 4.78 is 49.1. The quantitative estimate of drug-likeness (QED) is 0.781. The highest BCUT2D eigenvalue weighted by atomic mass is 32.2. The second-order valence-corrected chi connectivity index (χ2v) is 9.21. The van der Waals surface area contributed by atoms with Gasteiger partial charge in [-0.25, -0.2) is 21.6 Å². The largest absolute Gasteiger partial charge is 0.323 e. The molecule has 0 saturated carbocycles. The number of nitrogens with one attached hydrogen (secondary N) is 1. The number of hydrogen-bond acceptors (Lipinski definition) is 5. The van der Waals surface area contributed by atoms with Gasteiger partial charge in [0.25, 0.3) is 0 Å². The molecule has 2 unspecified atom stereocenters. The van der Waals surface area contributed by atoms with E-state index in [1.54, 1.807) is 0 Å². The van der Waals surface area contributed by atoms with Crippen LogP contribution in [0.2, 0.25) is 0 Å². The number of sulfone groups is 1. The monoisotopic (exact) mass is 318 g/mol. The van der Waals surface area contributed by atoms with Crippen molar-refractivity contribution < 1.29 is 16.8 Å². The first kappa shape index (κ1) is 15.4. The van der Waals surface area contributed by atoms with E-state index in [4.69, 9.17) is 5.73 Å². The van der Waals surface area contributed by atoms with Crippen molar-refractivity contribution in [2.75, 3.05) is 18.1 Å². The maximum absolute atomic E-state index is 12.0. The first-order chi connectivity index (χ1) is 9.30. The van der Waals surface area contributed by atoms with Gasteiger partial charge >= 0.3 is 0 Å². The van der Waals surface area contributed by atoms with Gasteiger partial charge in [-0.2, -0.15) is 0 Å². The van der Waals surface area contributed by atoms with Gasteiger partial charge in [0.1, 0.15) is 0 Å². The fourth-order valence-electron chi connectivity index (χ4n) is 2.15. The van der Waals surface area contributed by atoms with Crippen LogP contribution in [0.4, 0.5) is 0 Å². The first-order valence-corrected chi connectivity index (χ1v) is 9.66. The van der Waals surface area contributed by atoms with Gasteiger partial charge in [0, 0.05) is 12.6 Å². The van der Waals surface area contributed by atoms with Crippen LogP contribution in [0, 0.1) is 0 Å². The lowest BCUT2D eigenvalue weighted by Crippen LogP contribution is -2.39. The average Bonchev–Trinajstić information content (AvgIpc) is 2.78. The summed E-state index contributed by atoms with van der Waals surface area (Å²) in [4.78, 5) is 0. The molecule has 6 nitrogen and oxygen atoms in total. The van der Waals surface area contributed by atoms with Crippen molar-refractivity contribution in [3.8, 4) is 0 Å². The molecule has 0 amide bonds. The van der Waals surface area contributed by atoms with Gasteiger partial charge in [-0.1, -0.05) is 30.3 Å². The molecule has 0 spiro atoms. The van der Waals surface area contributed by atoms with E-state index in [0.29, 0.717) is 0 Å². The summed E-state index contributed by atoms with van der Waals surface area (Å²) in [6, 6.07) is 8.69. The first-order valence-electron chi connectivity index (χ1n) is 6.29. The Morgan fingerprint density at radius 3 is 2.50 bits per heavy atom. The molecule has 1 aromatic carbocycles. The number of nitrogens with two attached hydrogens (primary N) is 1.